The quantitative estimate of drug-likeness (QED) is 0.170. The van der Waals surface area contributed by atoms with Crippen LogP contribution in [0.25, 0.3) is 22.0 Å². The van der Waals surface area contributed by atoms with Gasteiger partial charge in [0.1, 0.15) is 0 Å². The summed E-state index contributed by atoms with van der Waals surface area (Å²) in [5.41, 5.74) is 5.71. The van der Waals surface area contributed by atoms with Crippen LogP contribution in [0.1, 0.15) is 42.7 Å². The number of carbonyl (C=O) groups is 2. The van der Waals surface area contributed by atoms with Crippen LogP contribution >= 0.6 is 0 Å². The van der Waals surface area contributed by atoms with E-state index < -0.39 is 0 Å². The Morgan fingerprint density at radius 2 is 1.73 bits per heavy atom. The van der Waals surface area contributed by atoms with Crippen LogP contribution in [-0.2, 0) is 4.79 Å². The lowest BCUT2D eigenvalue weighted by Gasteiger charge is -2.22. The summed E-state index contributed by atoms with van der Waals surface area (Å²) in [4.78, 5) is 29.2. The molecule has 0 unspecified atom stereocenters. The average molecular weight is 446 g/mol. The third-order valence-corrected chi connectivity index (χ3v) is 5.70. The normalized spacial score (nSPS) is 10.9. The van der Waals surface area contributed by atoms with Crippen molar-refractivity contribution in [3.8, 4) is 11.1 Å². The van der Waals surface area contributed by atoms with Crippen molar-refractivity contribution < 1.29 is 19.2 Å². The molecule has 0 saturated heterocycles. The number of hydroxylamine groups is 1. The number of fused-ring (bicyclic) bond motifs is 1. The number of amides is 2. The molecule has 0 aliphatic carbocycles. The second-order valence-corrected chi connectivity index (χ2v) is 7.96. The molecule has 0 aliphatic heterocycles. The van der Waals surface area contributed by atoms with Gasteiger partial charge in [0.05, 0.1) is 6.26 Å². The monoisotopic (exact) mass is 445 g/mol. The SMILES string of the molecule is O=C(CCCCCCN(C(=O)c1ccco1)c1ccc(-c2ccc3cc[nH]c3c2)cc1)NO. The number of unbranched alkanes of at least 4 members (excludes halogenated alkanes) is 3. The maximum absolute atomic E-state index is 13.1. The maximum atomic E-state index is 13.1. The molecule has 0 fully saturated rings. The van der Waals surface area contributed by atoms with E-state index in [0.29, 0.717) is 25.1 Å². The van der Waals surface area contributed by atoms with Crippen LogP contribution < -0.4 is 10.4 Å². The summed E-state index contributed by atoms with van der Waals surface area (Å²) in [6.45, 7) is 0.541. The molecule has 4 aromatic rings. The number of furan rings is 1. The molecule has 170 valence electrons. The molecule has 7 heteroatoms. The predicted octanol–water partition coefficient (Wildman–Crippen LogP) is 5.53. The van der Waals surface area contributed by atoms with Crippen LogP contribution in [0.15, 0.2) is 77.5 Å². The molecule has 0 saturated carbocycles. The minimum atomic E-state index is -0.375. The minimum Gasteiger partial charge on any atom is -0.459 e. The fourth-order valence-electron chi connectivity index (χ4n) is 3.91. The van der Waals surface area contributed by atoms with Gasteiger partial charge in [0, 0.05) is 30.4 Å². The average Bonchev–Trinajstić information content (AvgIpc) is 3.55. The van der Waals surface area contributed by atoms with E-state index in [9.17, 15) is 9.59 Å². The highest BCUT2D eigenvalue weighted by Crippen LogP contribution is 2.27. The fourth-order valence-corrected chi connectivity index (χ4v) is 3.91. The second-order valence-electron chi connectivity index (χ2n) is 7.96. The van der Waals surface area contributed by atoms with E-state index in [1.807, 2.05) is 36.5 Å². The summed E-state index contributed by atoms with van der Waals surface area (Å²) in [5, 5.41) is 9.73. The van der Waals surface area contributed by atoms with Crippen molar-refractivity contribution >= 4 is 28.4 Å². The first kappa shape index (κ1) is 22.4. The Bertz CT molecular complexity index is 1200. The lowest BCUT2D eigenvalue weighted by Crippen LogP contribution is -2.31. The van der Waals surface area contributed by atoms with Crippen molar-refractivity contribution in [1.29, 1.82) is 0 Å². The van der Waals surface area contributed by atoms with Gasteiger partial charge in [-0.15, -0.1) is 0 Å². The Morgan fingerprint density at radius 1 is 0.939 bits per heavy atom. The summed E-state index contributed by atoms with van der Waals surface area (Å²) in [7, 11) is 0. The van der Waals surface area contributed by atoms with Gasteiger partial charge in [0.2, 0.25) is 5.91 Å². The molecule has 0 aliphatic rings. The van der Waals surface area contributed by atoms with E-state index in [0.717, 1.165) is 41.6 Å². The molecule has 4 rings (SSSR count). The predicted molar refractivity (Wildman–Crippen MR) is 127 cm³/mol. The Hall–Kier alpha value is -3.84. The summed E-state index contributed by atoms with van der Waals surface area (Å²) in [5.74, 6) is -0.253. The van der Waals surface area contributed by atoms with Crippen LogP contribution in [0, 0.1) is 0 Å². The number of carbonyl (C=O) groups excluding carboxylic acids is 2. The highest BCUT2D eigenvalue weighted by Gasteiger charge is 2.20. The molecule has 2 amide bonds. The number of nitrogens with zero attached hydrogens (tertiary/aromatic N) is 1. The minimum absolute atomic E-state index is 0.180. The van der Waals surface area contributed by atoms with Gasteiger partial charge >= 0.3 is 0 Å². The zero-order chi connectivity index (χ0) is 23.0. The maximum Gasteiger partial charge on any atom is 0.293 e. The van der Waals surface area contributed by atoms with Crippen LogP contribution in [0.3, 0.4) is 0 Å². The van der Waals surface area contributed by atoms with E-state index in [1.165, 1.54) is 11.6 Å². The smallest absolute Gasteiger partial charge is 0.293 e. The lowest BCUT2D eigenvalue weighted by atomic mass is 10.0. The number of hydrogen-bond acceptors (Lipinski definition) is 4. The van der Waals surface area contributed by atoms with Gasteiger partial charge in [-0.25, -0.2) is 5.48 Å². The molecule has 0 spiro atoms. The van der Waals surface area contributed by atoms with Crippen molar-refractivity contribution in [2.24, 2.45) is 0 Å². The number of rotatable bonds is 10. The number of aromatic nitrogens is 1. The summed E-state index contributed by atoms with van der Waals surface area (Å²) >= 11 is 0. The van der Waals surface area contributed by atoms with E-state index >= 15 is 0 Å². The van der Waals surface area contributed by atoms with Crippen molar-refractivity contribution in [3.63, 3.8) is 0 Å². The molecule has 2 aromatic carbocycles. The first-order valence-electron chi connectivity index (χ1n) is 11.1. The molecule has 33 heavy (non-hydrogen) atoms. The number of aromatic amines is 1. The third kappa shape index (κ3) is 5.51. The van der Waals surface area contributed by atoms with E-state index in [-0.39, 0.29) is 11.8 Å². The van der Waals surface area contributed by atoms with Gasteiger partial charge < -0.3 is 14.3 Å². The Balaban J connectivity index is 1.45. The van der Waals surface area contributed by atoms with Crippen molar-refractivity contribution in [2.75, 3.05) is 11.4 Å². The summed E-state index contributed by atoms with van der Waals surface area (Å²) < 4.78 is 5.34. The van der Waals surface area contributed by atoms with Gasteiger partial charge in [0.15, 0.2) is 5.76 Å². The number of anilines is 1. The van der Waals surface area contributed by atoms with Crippen molar-refractivity contribution in [2.45, 2.75) is 32.1 Å². The Labute approximate surface area is 192 Å². The number of nitrogens with one attached hydrogen (secondary N) is 2. The molecule has 3 N–H and O–H groups in total. The Kier molecular flexibility index (Phi) is 7.22. The second kappa shape index (κ2) is 10.7. The first-order valence-corrected chi connectivity index (χ1v) is 11.1. The van der Waals surface area contributed by atoms with E-state index in [4.69, 9.17) is 9.62 Å². The largest absolute Gasteiger partial charge is 0.459 e. The number of H-pyrrole nitrogens is 1. The molecular formula is C26H27N3O4. The zero-order valence-electron chi connectivity index (χ0n) is 18.3. The summed E-state index contributed by atoms with van der Waals surface area (Å²) in [6.07, 6.45) is 6.91. The van der Waals surface area contributed by atoms with Crippen LogP contribution in [0.4, 0.5) is 5.69 Å². The molecule has 7 nitrogen and oxygen atoms in total. The lowest BCUT2D eigenvalue weighted by molar-refractivity contribution is -0.129. The molecule has 2 heterocycles. The van der Waals surface area contributed by atoms with E-state index in [1.54, 1.807) is 22.5 Å². The van der Waals surface area contributed by atoms with Crippen molar-refractivity contribution in [3.05, 3.63) is 78.9 Å². The summed E-state index contributed by atoms with van der Waals surface area (Å²) in [6, 6.07) is 19.7. The topological polar surface area (TPSA) is 98.6 Å². The third-order valence-electron chi connectivity index (χ3n) is 5.70. The number of hydrogen-bond donors (Lipinski definition) is 3. The van der Waals surface area contributed by atoms with E-state index in [2.05, 4.69) is 23.2 Å². The highest BCUT2D eigenvalue weighted by atomic mass is 16.5. The van der Waals surface area contributed by atoms with Crippen LogP contribution in [-0.4, -0.2) is 28.6 Å². The van der Waals surface area contributed by atoms with Gasteiger partial charge in [-0.05, 0) is 65.8 Å². The van der Waals surface area contributed by atoms with Gasteiger partial charge in [-0.3, -0.25) is 14.8 Å². The molecule has 2 aromatic heterocycles. The van der Waals surface area contributed by atoms with Gasteiger partial charge in [-0.2, -0.15) is 0 Å². The Morgan fingerprint density at radius 3 is 2.48 bits per heavy atom. The zero-order valence-corrected chi connectivity index (χ0v) is 18.3. The van der Waals surface area contributed by atoms with Crippen molar-refractivity contribution in [1.82, 2.24) is 10.5 Å². The standard InChI is InChI=1S/C26H27N3O4/c30-25(28-32)7-3-1-2-4-16-29(26(31)24-6-5-17-33-24)22-12-10-19(11-13-22)21-9-8-20-14-15-27-23(20)18-21/h5-6,8-15,17-18,27,32H,1-4,7,16H2,(H,28,30). The van der Waals surface area contributed by atoms with Gasteiger partial charge in [-0.1, -0.05) is 37.1 Å². The molecular weight excluding hydrogens is 418 g/mol. The van der Waals surface area contributed by atoms with Crippen LogP contribution in [0.2, 0.25) is 0 Å². The first-order chi connectivity index (χ1) is 16.2. The highest BCUT2D eigenvalue weighted by molar-refractivity contribution is 6.04. The molecule has 0 atom stereocenters. The number of benzene rings is 2. The fraction of sp³-hybridized carbons (Fsp3) is 0.231. The van der Waals surface area contributed by atoms with Gasteiger partial charge in [0.25, 0.3) is 5.91 Å². The van der Waals surface area contributed by atoms with Crippen LogP contribution in [0.5, 0.6) is 0 Å². The molecule has 0 bridgehead atoms. The molecule has 0 radical (unpaired) electrons.